The zero-order chi connectivity index (χ0) is 18.5. The smallest absolute Gasteiger partial charge is 0.225 e. The van der Waals surface area contributed by atoms with E-state index >= 15 is 0 Å². The largest absolute Gasteiger partial charge is 0.308 e. The van der Waals surface area contributed by atoms with E-state index in [0.717, 1.165) is 11.1 Å². The van der Waals surface area contributed by atoms with E-state index in [0.29, 0.717) is 17.7 Å². The Kier molecular flexibility index (Phi) is 4.94. The average molecular weight is 351 g/mol. The Balaban J connectivity index is 1.72. The van der Waals surface area contributed by atoms with Crippen LogP contribution in [0.5, 0.6) is 0 Å². The highest BCUT2D eigenvalue weighted by atomic mass is 19.1. The van der Waals surface area contributed by atoms with E-state index in [2.05, 4.69) is 30.7 Å². The molecule has 3 aromatic rings. The lowest BCUT2D eigenvalue weighted by atomic mass is 10.1. The minimum absolute atomic E-state index is 0.149. The minimum atomic E-state index is -0.568. The molecule has 0 bridgehead atoms. The van der Waals surface area contributed by atoms with E-state index in [1.54, 1.807) is 12.3 Å². The number of aromatic amines is 1. The van der Waals surface area contributed by atoms with Gasteiger partial charge >= 0.3 is 0 Å². The van der Waals surface area contributed by atoms with Crippen LogP contribution < -0.4 is 5.32 Å². The first kappa shape index (κ1) is 17.2. The van der Waals surface area contributed by atoms with Crippen molar-refractivity contribution in [2.75, 3.05) is 5.32 Å². The Morgan fingerprint density at radius 2 is 2.12 bits per heavy atom. The normalized spacial score (nSPS) is 10.3. The number of nitriles is 1. The molecule has 3 rings (SSSR count). The molecular formula is C17H14FN7O. The van der Waals surface area contributed by atoms with Crippen LogP contribution >= 0.6 is 0 Å². The van der Waals surface area contributed by atoms with Gasteiger partial charge in [-0.1, -0.05) is 6.07 Å². The fourth-order valence-corrected chi connectivity index (χ4v) is 2.39. The van der Waals surface area contributed by atoms with E-state index in [4.69, 9.17) is 0 Å². The summed E-state index contributed by atoms with van der Waals surface area (Å²) in [6, 6.07) is 4.86. The van der Waals surface area contributed by atoms with Crippen LogP contribution in [0.15, 0.2) is 30.7 Å². The number of aromatic nitrogens is 5. The van der Waals surface area contributed by atoms with Crippen molar-refractivity contribution in [3.8, 4) is 17.3 Å². The summed E-state index contributed by atoms with van der Waals surface area (Å²) in [6.45, 7) is 1.83. The van der Waals surface area contributed by atoms with Crippen molar-refractivity contribution in [2.24, 2.45) is 0 Å². The van der Waals surface area contributed by atoms with Crippen molar-refractivity contribution in [1.82, 2.24) is 25.4 Å². The van der Waals surface area contributed by atoms with Crippen molar-refractivity contribution >= 4 is 11.7 Å². The number of rotatable bonds is 5. The Labute approximate surface area is 148 Å². The van der Waals surface area contributed by atoms with Crippen LogP contribution in [-0.4, -0.2) is 31.3 Å². The van der Waals surface area contributed by atoms with E-state index in [-0.39, 0.29) is 23.7 Å². The molecule has 3 aromatic heterocycles. The standard InChI is InChI=1S/C17H14FN7O/c1-10-7-21-22-9-13(10)16-12(6-19)17(25-24-16)23-15(26)5-3-11-2-4-14(18)20-8-11/h2,4,7-9H,3,5H2,1H3,(H2,23,24,25,26). The van der Waals surface area contributed by atoms with Gasteiger partial charge in [0.2, 0.25) is 11.9 Å². The van der Waals surface area contributed by atoms with Crippen molar-refractivity contribution in [3.05, 3.63) is 53.4 Å². The third-order valence-corrected chi connectivity index (χ3v) is 3.76. The summed E-state index contributed by atoms with van der Waals surface area (Å²) in [7, 11) is 0. The van der Waals surface area contributed by atoms with Crippen molar-refractivity contribution in [2.45, 2.75) is 19.8 Å². The number of aryl methyl sites for hydroxylation is 2. The number of carbonyl (C=O) groups is 1. The van der Waals surface area contributed by atoms with Gasteiger partial charge in [0.1, 0.15) is 11.6 Å². The van der Waals surface area contributed by atoms with Gasteiger partial charge in [0.25, 0.3) is 0 Å². The summed E-state index contributed by atoms with van der Waals surface area (Å²) in [5.74, 6) is -0.726. The van der Waals surface area contributed by atoms with Crippen LogP contribution in [0.3, 0.4) is 0 Å². The molecule has 0 aliphatic rings. The predicted molar refractivity (Wildman–Crippen MR) is 90.2 cm³/mol. The van der Waals surface area contributed by atoms with Crippen LogP contribution in [0.25, 0.3) is 11.3 Å². The first-order chi connectivity index (χ1) is 12.6. The SMILES string of the molecule is Cc1cnncc1-c1[nH]nc(NC(=O)CCc2ccc(F)nc2)c1C#N. The van der Waals surface area contributed by atoms with Gasteiger partial charge in [0.15, 0.2) is 5.82 Å². The fourth-order valence-electron chi connectivity index (χ4n) is 2.39. The molecule has 2 N–H and O–H groups in total. The van der Waals surface area contributed by atoms with E-state index in [1.165, 1.54) is 18.5 Å². The van der Waals surface area contributed by atoms with Gasteiger partial charge in [-0.15, -0.1) is 0 Å². The molecule has 0 fully saturated rings. The molecule has 0 aromatic carbocycles. The molecule has 0 saturated carbocycles. The van der Waals surface area contributed by atoms with E-state index in [9.17, 15) is 14.4 Å². The van der Waals surface area contributed by atoms with Gasteiger partial charge in [0, 0.05) is 18.2 Å². The zero-order valence-electron chi connectivity index (χ0n) is 13.8. The van der Waals surface area contributed by atoms with Gasteiger partial charge in [-0.2, -0.15) is 24.9 Å². The number of hydrogen-bond acceptors (Lipinski definition) is 6. The van der Waals surface area contributed by atoms with Gasteiger partial charge in [-0.05, 0) is 30.5 Å². The predicted octanol–water partition coefficient (Wildman–Crippen LogP) is 2.15. The van der Waals surface area contributed by atoms with Gasteiger partial charge < -0.3 is 5.32 Å². The summed E-state index contributed by atoms with van der Waals surface area (Å²) < 4.78 is 12.8. The molecule has 9 heteroatoms. The van der Waals surface area contributed by atoms with Crippen LogP contribution in [0, 0.1) is 24.2 Å². The second-order valence-electron chi connectivity index (χ2n) is 5.56. The number of pyridine rings is 1. The fraction of sp³-hybridized carbons (Fsp3) is 0.176. The van der Waals surface area contributed by atoms with E-state index < -0.39 is 5.95 Å². The number of nitrogens with one attached hydrogen (secondary N) is 2. The monoisotopic (exact) mass is 351 g/mol. The molecule has 0 unspecified atom stereocenters. The second kappa shape index (κ2) is 7.48. The highest BCUT2D eigenvalue weighted by Gasteiger charge is 2.18. The molecule has 3 heterocycles. The number of amides is 1. The zero-order valence-corrected chi connectivity index (χ0v) is 13.8. The van der Waals surface area contributed by atoms with Crippen molar-refractivity contribution in [1.29, 1.82) is 5.26 Å². The van der Waals surface area contributed by atoms with Crippen LogP contribution in [-0.2, 0) is 11.2 Å². The van der Waals surface area contributed by atoms with Crippen molar-refractivity contribution < 1.29 is 9.18 Å². The topological polar surface area (TPSA) is 120 Å². The number of H-pyrrole nitrogens is 1. The lowest BCUT2D eigenvalue weighted by molar-refractivity contribution is -0.116. The van der Waals surface area contributed by atoms with Crippen LogP contribution in [0.1, 0.15) is 23.1 Å². The molecule has 0 aliphatic heterocycles. The summed E-state index contributed by atoms with van der Waals surface area (Å²) in [5, 5.41) is 26.4. The highest BCUT2D eigenvalue weighted by Crippen LogP contribution is 2.27. The van der Waals surface area contributed by atoms with Gasteiger partial charge in [-0.3, -0.25) is 9.89 Å². The number of nitrogens with zero attached hydrogens (tertiary/aromatic N) is 5. The van der Waals surface area contributed by atoms with Crippen LogP contribution in [0.2, 0.25) is 0 Å². The Bertz CT molecular complexity index is 976. The first-order valence-corrected chi connectivity index (χ1v) is 7.75. The molecule has 130 valence electrons. The lowest BCUT2D eigenvalue weighted by Gasteiger charge is -2.04. The average Bonchev–Trinajstić information content (AvgIpc) is 3.04. The summed E-state index contributed by atoms with van der Waals surface area (Å²) in [4.78, 5) is 15.7. The first-order valence-electron chi connectivity index (χ1n) is 7.75. The third-order valence-electron chi connectivity index (χ3n) is 3.76. The molecule has 0 atom stereocenters. The second-order valence-corrected chi connectivity index (χ2v) is 5.56. The summed E-state index contributed by atoms with van der Waals surface area (Å²) in [6.07, 6.45) is 5.03. The lowest BCUT2D eigenvalue weighted by Crippen LogP contribution is -2.13. The quantitative estimate of drug-likeness (QED) is 0.680. The summed E-state index contributed by atoms with van der Waals surface area (Å²) >= 11 is 0. The molecule has 0 aliphatic carbocycles. The number of halogens is 1. The van der Waals surface area contributed by atoms with E-state index in [1.807, 2.05) is 13.0 Å². The molecule has 0 radical (unpaired) electrons. The van der Waals surface area contributed by atoms with Crippen LogP contribution in [0.4, 0.5) is 10.2 Å². The highest BCUT2D eigenvalue weighted by molar-refractivity contribution is 5.92. The Hall–Kier alpha value is -3.67. The Morgan fingerprint density at radius 1 is 1.31 bits per heavy atom. The Morgan fingerprint density at radius 3 is 2.81 bits per heavy atom. The summed E-state index contributed by atoms with van der Waals surface area (Å²) in [5.41, 5.74) is 2.93. The molecular weight excluding hydrogens is 337 g/mol. The molecule has 0 spiro atoms. The maximum Gasteiger partial charge on any atom is 0.225 e. The number of anilines is 1. The molecule has 0 saturated heterocycles. The minimum Gasteiger partial charge on any atom is -0.308 e. The van der Waals surface area contributed by atoms with Crippen molar-refractivity contribution in [3.63, 3.8) is 0 Å². The number of hydrogen-bond donors (Lipinski definition) is 2. The number of carbonyl (C=O) groups excluding carboxylic acids is 1. The molecule has 26 heavy (non-hydrogen) atoms. The molecule has 1 amide bonds. The van der Waals surface area contributed by atoms with Gasteiger partial charge in [0.05, 0.1) is 18.1 Å². The third kappa shape index (κ3) is 3.70. The van der Waals surface area contributed by atoms with Gasteiger partial charge in [-0.25, -0.2) is 4.98 Å². The molecule has 8 nitrogen and oxygen atoms in total. The maximum atomic E-state index is 12.8. The maximum absolute atomic E-state index is 12.8.